The number of carbonyl (C=O) groups excluding carboxylic acids is 1. The molecule has 0 saturated carbocycles. The van der Waals surface area contributed by atoms with Crippen molar-refractivity contribution in [2.24, 2.45) is 5.73 Å². The fourth-order valence-electron chi connectivity index (χ4n) is 4.05. The Labute approximate surface area is 179 Å². The van der Waals surface area contributed by atoms with Gasteiger partial charge in [0.05, 0.1) is 0 Å². The molecule has 3 rings (SSSR count). The third kappa shape index (κ3) is 4.21. The predicted molar refractivity (Wildman–Crippen MR) is 121 cm³/mol. The van der Waals surface area contributed by atoms with E-state index in [2.05, 4.69) is 13.0 Å². The van der Waals surface area contributed by atoms with E-state index in [4.69, 9.17) is 10.5 Å². The number of hydrogen-bond donors (Lipinski definition) is 2. The Morgan fingerprint density at radius 1 is 1.10 bits per heavy atom. The summed E-state index contributed by atoms with van der Waals surface area (Å²) in [4.78, 5) is 14.4. The lowest BCUT2D eigenvalue weighted by molar-refractivity contribution is 0.0772. The molecule has 0 aromatic heterocycles. The van der Waals surface area contributed by atoms with Crippen LogP contribution >= 0.6 is 0 Å². The van der Waals surface area contributed by atoms with Gasteiger partial charge in [0.25, 0.3) is 5.91 Å². The van der Waals surface area contributed by atoms with Gasteiger partial charge in [-0.25, -0.2) is 0 Å². The van der Waals surface area contributed by atoms with Crippen molar-refractivity contribution >= 4 is 11.5 Å². The quantitative estimate of drug-likeness (QED) is 0.670. The summed E-state index contributed by atoms with van der Waals surface area (Å²) in [6, 6.07) is 13.1. The molecule has 0 spiro atoms. The SMILES string of the molecule is CCN(CC)C(=O)c1ccc(C2=CC(CC)(CCCN)Oc3ccccc32)c(O)c1. The van der Waals surface area contributed by atoms with Crippen LogP contribution in [0.2, 0.25) is 0 Å². The molecule has 1 amide bonds. The lowest BCUT2D eigenvalue weighted by Gasteiger charge is -2.37. The minimum atomic E-state index is -0.467. The zero-order valence-electron chi connectivity index (χ0n) is 18.1. The lowest BCUT2D eigenvalue weighted by Crippen LogP contribution is -2.36. The monoisotopic (exact) mass is 408 g/mol. The van der Waals surface area contributed by atoms with Gasteiger partial charge in [0.1, 0.15) is 17.1 Å². The molecule has 3 N–H and O–H groups in total. The first kappa shape index (κ1) is 21.9. The zero-order chi connectivity index (χ0) is 21.7. The second-order valence-electron chi connectivity index (χ2n) is 7.68. The maximum absolute atomic E-state index is 12.7. The number of nitrogens with zero attached hydrogens (tertiary/aromatic N) is 1. The van der Waals surface area contributed by atoms with Gasteiger partial charge in [0, 0.05) is 29.8 Å². The van der Waals surface area contributed by atoms with E-state index in [1.165, 1.54) is 0 Å². The smallest absolute Gasteiger partial charge is 0.253 e. The van der Waals surface area contributed by atoms with Crippen LogP contribution in [0.15, 0.2) is 48.5 Å². The van der Waals surface area contributed by atoms with Crippen molar-refractivity contribution < 1.29 is 14.6 Å². The number of rotatable bonds is 8. The van der Waals surface area contributed by atoms with Gasteiger partial charge in [-0.15, -0.1) is 0 Å². The van der Waals surface area contributed by atoms with Crippen LogP contribution in [0.25, 0.3) is 5.57 Å². The van der Waals surface area contributed by atoms with Crippen molar-refractivity contribution in [1.29, 1.82) is 0 Å². The summed E-state index contributed by atoms with van der Waals surface area (Å²) in [5.41, 5.74) is 8.35. The molecular formula is C25H32N2O3. The van der Waals surface area contributed by atoms with Crippen molar-refractivity contribution in [3.63, 3.8) is 0 Å². The molecule has 0 radical (unpaired) electrons. The van der Waals surface area contributed by atoms with E-state index in [9.17, 15) is 9.90 Å². The highest BCUT2D eigenvalue weighted by Gasteiger charge is 2.34. The van der Waals surface area contributed by atoms with Gasteiger partial charge in [-0.1, -0.05) is 25.1 Å². The number of nitrogens with two attached hydrogens (primary N) is 1. The van der Waals surface area contributed by atoms with E-state index in [0.29, 0.717) is 30.8 Å². The number of carbonyl (C=O) groups is 1. The largest absolute Gasteiger partial charge is 0.507 e. The Bertz CT molecular complexity index is 934. The number of fused-ring (bicyclic) bond motifs is 1. The van der Waals surface area contributed by atoms with E-state index in [0.717, 1.165) is 36.1 Å². The molecule has 5 nitrogen and oxygen atoms in total. The standard InChI is InChI=1S/C25H32N2O3/c1-4-25(14-9-15-26)17-21(20-10-7-8-11-23(20)30-25)19-13-12-18(16-22(19)28)24(29)27(5-2)6-3/h7-8,10-13,16-17,28H,4-6,9,14-15,26H2,1-3H3. The van der Waals surface area contributed by atoms with Gasteiger partial charge < -0.3 is 20.5 Å². The topological polar surface area (TPSA) is 75.8 Å². The number of phenols is 1. The van der Waals surface area contributed by atoms with Crippen molar-refractivity contribution in [2.75, 3.05) is 19.6 Å². The van der Waals surface area contributed by atoms with Crippen LogP contribution in [0.5, 0.6) is 11.5 Å². The molecule has 2 aromatic carbocycles. The molecule has 1 atom stereocenters. The summed E-state index contributed by atoms with van der Waals surface area (Å²) in [6.07, 6.45) is 4.57. The fraction of sp³-hybridized carbons (Fsp3) is 0.400. The molecular weight excluding hydrogens is 376 g/mol. The molecule has 0 saturated heterocycles. The zero-order valence-corrected chi connectivity index (χ0v) is 18.1. The van der Waals surface area contributed by atoms with Crippen LogP contribution in [0.1, 0.15) is 61.5 Å². The molecule has 0 bridgehead atoms. The number of phenolic OH excluding ortho intramolecular Hbond substituents is 1. The highest BCUT2D eigenvalue weighted by molar-refractivity contribution is 5.96. The summed E-state index contributed by atoms with van der Waals surface area (Å²) in [6.45, 7) is 7.87. The van der Waals surface area contributed by atoms with Crippen LogP contribution in [0, 0.1) is 0 Å². The first-order chi connectivity index (χ1) is 14.5. The molecule has 1 unspecified atom stereocenters. The average Bonchev–Trinajstić information content (AvgIpc) is 2.78. The third-order valence-electron chi connectivity index (χ3n) is 5.89. The van der Waals surface area contributed by atoms with Crippen LogP contribution in [0.3, 0.4) is 0 Å². The second-order valence-corrected chi connectivity index (χ2v) is 7.68. The Kier molecular flexibility index (Phi) is 6.83. The molecule has 0 aliphatic carbocycles. The van der Waals surface area contributed by atoms with Crippen LogP contribution < -0.4 is 10.5 Å². The first-order valence-corrected chi connectivity index (χ1v) is 10.8. The van der Waals surface area contributed by atoms with Gasteiger partial charge in [-0.05, 0) is 75.6 Å². The normalized spacial score (nSPS) is 17.7. The number of amides is 1. The number of ether oxygens (including phenoxy) is 1. The van der Waals surface area contributed by atoms with Crippen molar-refractivity contribution in [2.45, 2.75) is 45.6 Å². The average molecular weight is 409 g/mol. The van der Waals surface area contributed by atoms with Crippen LogP contribution in [-0.2, 0) is 0 Å². The van der Waals surface area contributed by atoms with Gasteiger partial charge in [0.15, 0.2) is 0 Å². The van der Waals surface area contributed by atoms with Gasteiger partial charge in [-0.2, -0.15) is 0 Å². The van der Waals surface area contributed by atoms with E-state index >= 15 is 0 Å². The molecule has 1 aliphatic heterocycles. The van der Waals surface area contributed by atoms with E-state index in [1.807, 2.05) is 44.2 Å². The number of hydrogen-bond acceptors (Lipinski definition) is 4. The van der Waals surface area contributed by atoms with Gasteiger partial charge in [-0.3, -0.25) is 4.79 Å². The Hall–Kier alpha value is -2.79. The van der Waals surface area contributed by atoms with Crippen molar-refractivity contribution in [3.05, 3.63) is 65.2 Å². The summed E-state index contributed by atoms with van der Waals surface area (Å²) in [7, 11) is 0. The maximum atomic E-state index is 12.7. The Morgan fingerprint density at radius 3 is 2.47 bits per heavy atom. The molecule has 5 heteroatoms. The fourth-order valence-corrected chi connectivity index (χ4v) is 4.05. The van der Waals surface area contributed by atoms with Crippen LogP contribution in [0.4, 0.5) is 0 Å². The first-order valence-electron chi connectivity index (χ1n) is 10.8. The second kappa shape index (κ2) is 9.35. The minimum absolute atomic E-state index is 0.0749. The Balaban J connectivity index is 2.07. The summed E-state index contributed by atoms with van der Waals surface area (Å²) in [5, 5.41) is 10.9. The molecule has 1 aliphatic rings. The van der Waals surface area contributed by atoms with E-state index in [1.54, 1.807) is 17.0 Å². The number of para-hydroxylation sites is 1. The summed E-state index contributed by atoms with van der Waals surface area (Å²) in [5.74, 6) is 0.824. The summed E-state index contributed by atoms with van der Waals surface area (Å²) < 4.78 is 6.41. The number of benzene rings is 2. The van der Waals surface area contributed by atoms with E-state index < -0.39 is 5.60 Å². The molecule has 30 heavy (non-hydrogen) atoms. The maximum Gasteiger partial charge on any atom is 0.253 e. The predicted octanol–water partition coefficient (Wildman–Crippen LogP) is 4.59. The molecule has 2 aromatic rings. The van der Waals surface area contributed by atoms with E-state index in [-0.39, 0.29) is 11.7 Å². The molecule has 1 heterocycles. The minimum Gasteiger partial charge on any atom is -0.507 e. The lowest BCUT2D eigenvalue weighted by atomic mass is 9.84. The highest BCUT2D eigenvalue weighted by atomic mass is 16.5. The third-order valence-corrected chi connectivity index (χ3v) is 5.89. The molecule has 160 valence electrons. The Morgan fingerprint density at radius 2 is 1.83 bits per heavy atom. The number of aromatic hydroxyl groups is 1. The van der Waals surface area contributed by atoms with Crippen molar-refractivity contribution in [3.8, 4) is 11.5 Å². The van der Waals surface area contributed by atoms with Gasteiger partial charge >= 0.3 is 0 Å². The van der Waals surface area contributed by atoms with Crippen LogP contribution in [-0.4, -0.2) is 41.1 Å². The summed E-state index contributed by atoms with van der Waals surface area (Å²) >= 11 is 0. The highest BCUT2D eigenvalue weighted by Crippen LogP contribution is 2.44. The van der Waals surface area contributed by atoms with Gasteiger partial charge in [0.2, 0.25) is 0 Å². The van der Waals surface area contributed by atoms with Crippen molar-refractivity contribution in [1.82, 2.24) is 4.90 Å². The molecule has 0 fully saturated rings.